The second-order valence-electron chi connectivity index (χ2n) is 7.78. The SMILES string of the molecule is Cc1ncc(Cn2c(C)cc(OCc3ccc(F)cc3F)c(Br)c2=O)c(NCC(=O)OC(=O)C(F)(F)F)n1. The Morgan fingerprint density at radius 2 is 1.84 bits per heavy atom. The van der Waals surface area contributed by atoms with E-state index in [1.807, 2.05) is 0 Å². The molecule has 38 heavy (non-hydrogen) atoms. The summed E-state index contributed by atoms with van der Waals surface area (Å²) in [4.78, 5) is 43.6. The number of halogens is 6. The van der Waals surface area contributed by atoms with Crippen LogP contribution in [0.1, 0.15) is 22.6 Å². The van der Waals surface area contributed by atoms with E-state index in [0.717, 1.165) is 6.07 Å². The Bertz CT molecular complexity index is 1440. The zero-order valence-electron chi connectivity index (χ0n) is 19.7. The van der Waals surface area contributed by atoms with Gasteiger partial charge in [-0.15, -0.1) is 0 Å². The molecule has 202 valence electrons. The number of hydrogen-bond donors (Lipinski definition) is 1. The van der Waals surface area contributed by atoms with E-state index in [2.05, 4.69) is 36.0 Å². The summed E-state index contributed by atoms with van der Waals surface area (Å²) in [7, 11) is 0. The van der Waals surface area contributed by atoms with E-state index in [-0.39, 0.29) is 46.1 Å². The minimum Gasteiger partial charge on any atom is -0.487 e. The minimum absolute atomic E-state index is 0.00222. The topological polar surface area (TPSA) is 112 Å². The van der Waals surface area contributed by atoms with Gasteiger partial charge in [0.1, 0.15) is 46.7 Å². The van der Waals surface area contributed by atoms with E-state index < -0.39 is 41.9 Å². The van der Waals surface area contributed by atoms with Gasteiger partial charge in [-0.1, -0.05) is 0 Å². The van der Waals surface area contributed by atoms with Crippen LogP contribution >= 0.6 is 15.9 Å². The summed E-state index contributed by atoms with van der Waals surface area (Å²) in [6, 6.07) is 4.49. The smallest absolute Gasteiger partial charge is 0.487 e. The molecule has 1 aromatic carbocycles. The molecule has 3 rings (SSSR count). The zero-order chi connectivity index (χ0) is 28.2. The predicted molar refractivity (Wildman–Crippen MR) is 125 cm³/mol. The van der Waals surface area contributed by atoms with Gasteiger partial charge in [0.2, 0.25) is 0 Å². The van der Waals surface area contributed by atoms with Crippen molar-refractivity contribution in [3.05, 3.63) is 79.6 Å². The van der Waals surface area contributed by atoms with Crippen molar-refractivity contribution in [2.75, 3.05) is 11.9 Å². The van der Waals surface area contributed by atoms with E-state index in [1.54, 1.807) is 6.92 Å². The first-order valence-electron chi connectivity index (χ1n) is 10.6. The maximum atomic E-state index is 13.9. The van der Waals surface area contributed by atoms with Crippen molar-refractivity contribution >= 4 is 33.7 Å². The number of nitrogens with zero attached hydrogens (tertiary/aromatic N) is 3. The maximum absolute atomic E-state index is 13.9. The fourth-order valence-corrected chi connectivity index (χ4v) is 3.54. The van der Waals surface area contributed by atoms with Gasteiger partial charge in [0.05, 0.1) is 6.54 Å². The average molecular weight is 605 g/mol. The van der Waals surface area contributed by atoms with Crippen molar-refractivity contribution in [2.24, 2.45) is 0 Å². The molecule has 0 spiro atoms. The Morgan fingerprint density at radius 3 is 2.50 bits per heavy atom. The number of carbonyl (C=O) groups excluding carboxylic acids is 2. The van der Waals surface area contributed by atoms with Crippen LogP contribution in [-0.4, -0.2) is 39.2 Å². The van der Waals surface area contributed by atoms with E-state index in [1.165, 1.54) is 29.8 Å². The van der Waals surface area contributed by atoms with Crippen LogP contribution in [0, 0.1) is 25.5 Å². The van der Waals surface area contributed by atoms with Crippen LogP contribution in [0.5, 0.6) is 5.75 Å². The number of ether oxygens (including phenoxy) is 2. The third-order valence-corrected chi connectivity index (χ3v) is 5.69. The molecule has 0 bridgehead atoms. The highest BCUT2D eigenvalue weighted by Crippen LogP contribution is 2.25. The van der Waals surface area contributed by atoms with Gasteiger partial charge >= 0.3 is 18.1 Å². The number of esters is 2. The standard InChI is InChI=1S/C23H18BrF5N4O5/c1-11-5-17(37-10-13-3-4-15(25)6-16(13)26)19(24)21(35)33(11)9-14-7-30-12(2)32-20(14)31-8-18(34)38-22(36)23(27,28)29/h3-7H,8-10H2,1-2H3,(H,30,31,32). The van der Waals surface area contributed by atoms with Crippen LogP contribution in [0.4, 0.5) is 27.8 Å². The second kappa shape index (κ2) is 11.7. The second-order valence-corrected chi connectivity index (χ2v) is 8.58. The summed E-state index contributed by atoms with van der Waals surface area (Å²) in [5.41, 5.74) is 0.198. The number of rotatable bonds is 8. The molecule has 3 aromatic rings. The lowest BCUT2D eigenvalue weighted by atomic mass is 10.2. The third kappa shape index (κ3) is 7.12. The van der Waals surface area contributed by atoms with Crippen LogP contribution in [0.25, 0.3) is 0 Å². The highest BCUT2D eigenvalue weighted by atomic mass is 79.9. The van der Waals surface area contributed by atoms with Crippen molar-refractivity contribution in [1.29, 1.82) is 0 Å². The highest BCUT2D eigenvalue weighted by molar-refractivity contribution is 9.10. The molecular formula is C23H18BrF5N4O5. The summed E-state index contributed by atoms with van der Waals surface area (Å²) in [6.45, 7) is 1.87. The average Bonchev–Trinajstić information content (AvgIpc) is 2.83. The summed E-state index contributed by atoms with van der Waals surface area (Å²) >= 11 is 3.16. The number of aromatic nitrogens is 3. The van der Waals surface area contributed by atoms with Crippen LogP contribution in [-0.2, 0) is 27.5 Å². The Hall–Kier alpha value is -3.88. The molecule has 2 aromatic heterocycles. The summed E-state index contributed by atoms with van der Waals surface area (Å²) in [6.07, 6.45) is -3.99. The largest absolute Gasteiger partial charge is 0.491 e. The zero-order valence-corrected chi connectivity index (χ0v) is 21.2. The number of nitrogens with one attached hydrogen (secondary N) is 1. The molecule has 0 saturated heterocycles. The Labute approximate surface area is 219 Å². The fourth-order valence-electron chi connectivity index (χ4n) is 3.10. The van der Waals surface area contributed by atoms with Crippen molar-refractivity contribution in [1.82, 2.24) is 14.5 Å². The molecule has 0 atom stereocenters. The van der Waals surface area contributed by atoms with Crippen molar-refractivity contribution in [3.63, 3.8) is 0 Å². The number of pyridine rings is 1. The molecule has 0 unspecified atom stereocenters. The Morgan fingerprint density at radius 1 is 1.13 bits per heavy atom. The van der Waals surface area contributed by atoms with Crippen LogP contribution in [0.2, 0.25) is 0 Å². The molecule has 0 aliphatic rings. The molecular weight excluding hydrogens is 587 g/mol. The first-order valence-corrected chi connectivity index (χ1v) is 11.4. The molecule has 2 heterocycles. The lowest BCUT2D eigenvalue weighted by Gasteiger charge is -2.16. The van der Waals surface area contributed by atoms with Gasteiger partial charge in [-0.3, -0.25) is 4.79 Å². The van der Waals surface area contributed by atoms with Gasteiger partial charge in [0.15, 0.2) is 0 Å². The minimum atomic E-state index is -5.33. The fraction of sp³-hybridized carbons (Fsp3) is 0.261. The van der Waals surface area contributed by atoms with Crippen LogP contribution < -0.4 is 15.6 Å². The molecule has 0 aliphatic carbocycles. The van der Waals surface area contributed by atoms with Gasteiger partial charge < -0.3 is 19.4 Å². The van der Waals surface area contributed by atoms with Crippen LogP contribution in [0.15, 0.2) is 39.7 Å². The number of alkyl halides is 3. The first-order chi connectivity index (χ1) is 17.8. The summed E-state index contributed by atoms with van der Waals surface area (Å²) < 4.78 is 74.5. The molecule has 0 saturated carbocycles. The Kier molecular flexibility index (Phi) is 8.81. The van der Waals surface area contributed by atoms with Crippen LogP contribution in [0.3, 0.4) is 0 Å². The third-order valence-electron chi connectivity index (χ3n) is 4.96. The van der Waals surface area contributed by atoms with Gasteiger partial charge in [-0.25, -0.2) is 28.3 Å². The monoisotopic (exact) mass is 604 g/mol. The van der Waals surface area contributed by atoms with E-state index in [4.69, 9.17) is 4.74 Å². The lowest BCUT2D eigenvalue weighted by molar-refractivity contribution is -0.201. The molecule has 0 fully saturated rings. The van der Waals surface area contributed by atoms with Crippen molar-refractivity contribution < 1.29 is 41.0 Å². The molecule has 0 amide bonds. The van der Waals surface area contributed by atoms with Gasteiger partial charge in [0, 0.05) is 35.2 Å². The number of anilines is 1. The normalized spacial score (nSPS) is 11.3. The molecule has 0 aliphatic heterocycles. The molecule has 0 radical (unpaired) electrons. The molecule has 9 nitrogen and oxygen atoms in total. The number of hydrogen-bond acceptors (Lipinski definition) is 8. The van der Waals surface area contributed by atoms with E-state index in [9.17, 15) is 36.3 Å². The quantitative estimate of drug-likeness (QED) is 0.233. The summed E-state index contributed by atoms with van der Waals surface area (Å²) in [5.74, 6) is -5.34. The lowest BCUT2D eigenvalue weighted by Crippen LogP contribution is -2.31. The van der Waals surface area contributed by atoms with Gasteiger partial charge in [-0.2, -0.15) is 13.2 Å². The van der Waals surface area contributed by atoms with E-state index in [0.29, 0.717) is 11.8 Å². The van der Waals surface area contributed by atoms with Gasteiger partial charge in [-0.05, 0) is 41.9 Å². The Balaban J connectivity index is 1.78. The summed E-state index contributed by atoms with van der Waals surface area (Å²) in [5, 5.41) is 2.48. The number of benzene rings is 1. The number of carbonyl (C=O) groups is 2. The number of aryl methyl sites for hydroxylation is 2. The van der Waals surface area contributed by atoms with E-state index >= 15 is 0 Å². The maximum Gasteiger partial charge on any atom is 0.491 e. The van der Waals surface area contributed by atoms with Crippen molar-refractivity contribution in [2.45, 2.75) is 33.2 Å². The molecule has 15 heteroatoms. The highest BCUT2D eigenvalue weighted by Gasteiger charge is 2.42. The predicted octanol–water partition coefficient (Wildman–Crippen LogP) is 3.97. The molecule has 1 N–H and O–H groups in total. The van der Waals surface area contributed by atoms with Gasteiger partial charge in [0.25, 0.3) is 5.56 Å². The van der Waals surface area contributed by atoms with Crippen molar-refractivity contribution in [3.8, 4) is 5.75 Å². The first kappa shape index (κ1) is 28.7.